The number of ketones is 1. The van der Waals surface area contributed by atoms with Crippen LogP contribution in [0, 0.1) is 0 Å². The molecule has 194 valence electrons. The second kappa shape index (κ2) is 9.57. The first-order chi connectivity index (χ1) is 18.1. The molecule has 1 atom stereocenters. The number of aliphatic hydroxyl groups is 1. The van der Waals surface area contributed by atoms with Crippen LogP contribution < -0.4 is 4.74 Å². The summed E-state index contributed by atoms with van der Waals surface area (Å²) in [4.78, 5) is 28.1. The largest absolute Gasteiger partial charge is 0.503 e. The Bertz CT molecular complexity index is 1610. The number of benzene rings is 3. The van der Waals surface area contributed by atoms with Crippen LogP contribution in [0.25, 0.3) is 11.0 Å². The third-order valence-corrected chi connectivity index (χ3v) is 6.50. The molecule has 38 heavy (non-hydrogen) atoms. The summed E-state index contributed by atoms with van der Waals surface area (Å²) in [5, 5.41) is 11.9. The van der Waals surface area contributed by atoms with Gasteiger partial charge in [0.25, 0.3) is 5.91 Å². The minimum atomic E-state index is -4.58. The monoisotopic (exact) mass is 541 g/mol. The molecule has 0 radical (unpaired) electrons. The molecule has 1 amide bonds. The van der Waals surface area contributed by atoms with Gasteiger partial charge in [0.1, 0.15) is 11.3 Å². The third-order valence-electron chi connectivity index (χ3n) is 6.27. The number of ether oxygens (including phenoxy) is 1. The highest BCUT2D eigenvalue weighted by atomic mass is 35.5. The van der Waals surface area contributed by atoms with Crippen LogP contribution in [0.3, 0.4) is 0 Å². The molecule has 1 N–H and O–H groups in total. The Hall–Kier alpha value is -4.24. The number of furan rings is 1. The van der Waals surface area contributed by atoms with Crippen molar-refractivity contribution in [1.82, 2.24) is 4.90 Å². The lowest BCUT2D eigenvalue weighted by atomic mass is 9.94. The number of rotatable bonds is 6. The zero-order chi connectivity index (χ0) is 27.2. The lowest BCUT2D eigenvalue weighted by molar-refractivity contribution is -0.137. The van der Waals surface area contributed by atoms with Gasteiger partial charge in [0.15, 0.2) is 11.5 Å². The number of amides is 1. The van der Waals surface area contributed by atoms with E-state index in [0.29, 0.717) is 27.3 Å². The van der Waals surface area contributed by atoms with Gasteiger partial charge in [0.2, 0.25) is 5.78 Å². The predicted octanol–water partition coefficient (Wildman–Crippen LogP) is 6.89. The summed E-state index contributed by atoms with van der Waals surface area (Å²) in [6.07, 6.45) is -4.58. The molecule has 4 aromatic rings. The predicted molar refractivity (Wildman–Crippen MR) is 133 cm³/mol. The molecule has 1 aliphatic rings. The molecule has 0 fully saturated rings. The van der Waals surface area contributed by atoms with Crippen LogP contribution >= 0.6 is 11.6 Å². The Morgan fingerprint density at radius 1 is 1.08 bits per heavy atom. The van der Waals surface area contributed by atoms with E-state index in [4.69, 9.17) is 20.8 Å². The molecule has 1 aliphatic heterocycles. The normalized spacial score (nSPS) is 16.0. The Labute approximate surface area is 219 Å². The summed E-state index contributed by atoms with van der Waals surface area (Å²) in [5.41, 5.74) is -0.188. The molecule has 1 aromatic heterocycles. The number of aliphatic hydroxyl groups excluding tert-OH is 1. The lowest BCUT2D eigenvalue weighted by Gasteiger charge is -2.27. The maximum Gasteiger partial charge on any atom is 0.416 e. The first kappa shape index (κ1) is 25.4. The van der Waals surface area contributed by atoms with Crippen molar-refractivity contribution in [3.8, 4) is 5.75 Å². The van der Waals surface area contributed by atoms with Crippen LogP contribution in [-0.4, -0.2) is 28.8 Å². The van der Waals surface area contributed by atoms with E-state index in [9.17, 15) is 27.9 Å². The number of nitrogens with zero attached hydrogens (tertiary/aromatic N) is 1. The third kappa shape index (κ3) is 4.61. The molecule has 6 nitrogen and oxygen atoms in total. The van der Waals surface area contributed by atoms with Crippen LogP contribution in [0.4, 0.5) is 13.2 Å². The number of Topliss-reactive ketones (excluding diaryl/α,β-unsaturated/α-hetero) is 1. The molecule has 0 spiro atoms. The van der Waals surface area contributed by atoms with E-state index in [-0.39, 0.29) is 23.4 Å². The number of carbonyl (C=O) groups excluding carboxylic acids is 2. The van der Waals surface area contributed by atoms with Crippen molar-refractivity contribution < 1.29 is 37.0 Å². The van der Waals surface area contributed by atoms with Crippen LogP contribution in [0.5, 0.6) is 5.75 Å². The fourth-order valence-electron chi connectivity index (χ4n) is 4.51. The zero-order valence-corrected chi connectivity index (χ0v) is 20.5. The van der Waals surface area contributed by atoms with Crippen molar-refractivity contribution in [2.45, 2.75) is 18.8 Å². The molecule has 5 rings (SSSR count). The SMILES string of the molecule is COc1cccc(C2C(C(=O)c3cc4cc(Cl)ccc4o3)=C(O)C(=O)N2Cc2cccc(C(F)(F)F)c2)c1. The molecule has 2 heterocycles. The Morgan fingerprint density at radius 2 is 1.84 bits per heavy atom. The van der Waals surface area contributed by atoms with E-state index in [0.717, 1.165) is 17.0 Å². The van der Waals surface area contributed by atoms with Gasteiger partial charge in [-0.15, -0.1) is 0 Å². The molecular formula is C28H19ClF3NO5. The fourth-order valence-corrected chi connectivity index (χ4v) is 4.69. The van der Waals surface area contributed by atoms with Gasteiger partial charge in [0.05, 0.1) is 24.3 Å². The number of carbonyl (C=O) groups is 2. The highest BCUT2D eigenvalue weighted by Crippen LogP contribution is 2.42. The van der Waals surface area contributed by atoms with E-state index >= 15 is 0 Å². The van der Waals surface area contributed by atoms with E-state index < -0.39 is 35.2 Å². The van der Waals surface area contributed by atoms with E-state index in [1.165, 1.54) is 25.3 Å². The van der Waals surface area contributed by atoms with Gasteiger partial charge < -0.3 is 19.2 Å². The van der Waals surface area contributed by atoms with Gasteiger partial charge in [-0.05, 0) is 59.7 Å². The van der Waals surface area contributed by atoms with Gasteiger partial charge in [-0.25, -0.2) is 0 Å². The van der Waals surface area contributed by atoms with Crippen molar-refractivity contribution in [1.29, 1.82) is 0 Å². The number of hydrogen-bond donors (Lipinski definition) is 1. The summed E-state index contributed by atoms with van der Waals surface area (Å²) in [6.45, 7) is -0.304. The van der Waals surface area contributed by atoms with Crippen molar-refractivity contribution in [2.75, 3.05) is 7.11 Å². The van der Waals surface area contributed by atoms with Crippen LogP contribution in [0.2, 0.25) is 5.02 Å². The van der Waals surface area contributed by atoms with Gasteiger partial charge in [0, 0.05) is 17.0 Å². The highest BCUT2D eigenvalue weighted by molar-refractivity contribution is 6.31. The van der Waals surface area contributed by atoms with Gasteiger partial charge in [-0.1, -0.05) is 35.9 Å². The van der Waals surface area contributed by atoms with Crippen LogP contribution in [-0.2, 0) is 17.5 Å². The second-order valence-electron chi connectivity index (χ2n) is 8.69. The lowest BCUT2D eigenvalue weighted by Crippen LogP contribution is -2.30. The molecule has 0 saturated carbocycles. The van der Waals surface area contributed by atoms with E-state index in [2.05, 4.69) is 0 Å². The minimum Gasteiger partial charge on any atom is -0.503 e. The summed E-state index contributed by atoms with van der Waals surface area (Å²) < 4.78 is 50.9. The van der Waals surface area contributed by atoms with Crippen molar-refractivity contribution in [3.63, 3.8) is 0 Å². The van der Waals surface area contributed by atoms with Crippen molar-refractivity contribution >= 4 is 34.3 Å². The van der Waals surface area contributed by atoms with E-state index in [1.807, 2.05) is 0 Å². The second-order valence-corrected chi connectivity index (χ2v) is 9.13. The summed E-state index contributed by atoms with van der Waals surface area (Å²) >= 11 is 6.03. The maximum absolute atomic E-state index is 13.7. The first-order valence-corrected chi connectivity index (χ1v) is 11.7. The first-order valence-electron chi connectivity index (χ1n) is 11.3. The van der Waals surface area contributed by atoms with Gasteiger partial charge in [-0.2, -0.15) is 13.2 Å². The summed E-state index contributed by atoms with van der Waals surface area (Å²) in [7, 11) is 1.44. The molecule has 10 heteroatoms. The Kier molecular flexibility index (Phi) is 6.40. The van der Waals surface area contributed by atoms with Crippen LogP contribution in [0.15, 0.2) is 88.5 Å². The Morgan fingerprint density at radius 3 is 2.58 bits per heavy atom. The summed E-state index contributed by atoms with van der Waals surface area (Å²) in [6, 6.07) is 16.1. The van der Waals surface area contributed by atoms with E-state index in [1.54, 1.807) is 42.5 Å². The number of alkyl halides is 3. The average molecular weight is 542 g/mol. The zero-order valence-electron chi connectivity index (χ0n) is 19.8. The molecule has 0 bridgehead atoms. The number of hydrogen-bond acceptors (Lipinski definition) is 5. The topological polar surface area (TPSA) is 80.0 Å². The minimum absolute atomic E-state index is 0.134. The molecule has 1 unspecified atom stereocenters. The van der Waals surface area contributed by atoms with Crippen molar-refractivity contribution in [2.24, 2.45) is 0 Å². The van der Waals surface area contributed by atoms with Crippen molar-refractivity contribution in [3.05, 3.63) is 112 Å². The standard InChI is InChI=1S/C28H19ClF3NO5/c1-37-20-7-3-5-16(12-20)24-23(25(34)22-13-17-11-19(29)8-9-21(17)38-22)26(35)27(36)33(24)14-15-4-2-6-18(10-15)28(30,31)32/h2-13,24,35H,14H2,1H3. The molecule has 3 aromatic carbocycles. The maximum atomic E-state index is 13.7. The quantitative estimate of drug-likeness (QED) is 0.269. The highest BCUT2D eigenvalue weighted by Gasteiger charge is 2.45. The molecular weight excluding hydrogens is 523 g/mol. The smallest absolute Gasteiger partial charge is 0.416 e. The molecule has 0 aliphatic carbocycles. The fraction of sp³-hybridized carbons (Fsp3) is 0.143. The molecule has 0 saturated heterocycles. The average Bonchev–Trinajstić information content (AvgIpc) is 3.42. The number of halogens is 4. The Balaban J connectivity index is 1.60. The number of methoxy groups -OCH3 is 1. The van der Waals surface area contributed by atoms with Gasteiger partial charge in [-0.3, -0.25) is 9.59 Å². The van der Waals surface area contributed by atoms with Gasteiger partial charge >= 0.3 is 6.18 Å². The number of fused-ring (bicyclic) bond motifs is 1. The summed E-state index contributed by atoms with van der Waals surface area (Å²) in [5.74, 6) is -2.18. The van der Waals surface area contributed by atoms with Crippen LogP contribution in [0.1, 0.15) is 33.3 Å².